The highest BCUT2D eigenvalue weighted by Crippen LogP contribution is 2.24. The highest BCUT2D eigenvalue weighted by molar-refractivity contribution is 5.79. The molecular weight excluding hydrogens is 223 g/mol. The largest absolute Gasteiger partial charge is 0.370 e. The molecule has 6 heteroatoms. The van der Waals surface area contributed by atoms with E-state index in [2.05, 4.69) is 4.98 Å². The molecule has 90 valence electrons. The molecule has 2 rings (SSSR count). The average molecular weight is 236 g/mol. The zero-order valence-corrected chi connectivity index (χ0v) is 9.35. The summed E-state index contributed by atoms with van der Waals surface area (Å²) in [6.07, 6.45) is 0.131. The van der Waals surface area contributed by atoms with Gasteiger partial charge in [-0.1, -0.05) is 0 Å². The van der Waals surface area contributed by atoms with Crippen molar-refractivity contribution in [3.8, 4) is 0 Å². The minimum Gasteiger partial charge on any atom is -0.370 e. The van der Waals surface area contributed by atoms with Gasteiger partial charge in [-0.2, -0.15) is 0 Å². The lowest BCUT2D eigenvalue weighted by Crippen LogP contribution is -2.18. The lowest BCUT2D eigenvalue weighted by molar-refractivity contribution is -0.118. The molecule has 0 aliphatic rings. The molecular formula is C11H13FN4O. The standard InChI is InChI=1S/C11H13FN4O/c1-6(4-10(13)17)16-9-5-7(12)2-3-8(9)15-11(16)14/h2-3,5-6H,4H2,1H3,(H2,13,17)(H2,14,15). The van der Waals surface area contributed by atoms with E-state index >= 15 is 0 Å². The van der Waals surface area contributed by atoms with Crippen molar-refractivity contribution in [3.05, 3.63) is 24.0 Å². The summed E-state index contributed by atoms with van der Waals surface area (Å²) in [6, 6.07) is 3.96. The zero-order valence-electron chi connectivity index (χ0n) is 9.35. The van der Waals surface area contributed by atoms with Crippen LogP contribution in [-0.4, -0.2) is 15.5 Å². The van der Waals surface area contributed by atoms with E-state index in [9.17, 15) is 9.18 Å². The number of nitrogens with zero attached hydrogens (tertiary/aromatic N) is 2. The Bertz CT molecular complexity index is 578. The van der Waals surface area contributed by atoms with Crippen molar-refractivity contribution in [1.82, 2.24) is 9.55 Å². The van der Waals surface area contributed by atoms with Gasteiger partial charge < -0.3 is 16.0 Å². The molecule has 1 aromatic carbocycles. The van der Waals surface area contributed by atoms with Gasteiger partial charge in [0.25, 0.3) is 0 Å². The molecule has 0 spiro atoms. The number of fused-ring (bicyclic) bond motifs is 1. The van der Waals surface area contributed by atoms with Gasteiger partial charge in [0.1, 0.15) is 5.82 Å². The van der Waals surface area contributed by atoms with E-state index in [4.69, 9.17) is 11.5 Å². The summed E-state index contributed by atoms with van der Waals surface area (Å²) < 4.78 is 14.8. The van der Waals surface area contributed by atoms with E-state index in [0.717, 1.165) is 0 Å². The van der Waals surface area contributed by atoms with Crippen LogP contribution in [0.5, 0.6) is 0 Å². The van der Waals surface area contributed by atoms with Crippen LogP contribution in [-0.2, 0) is 4.79 Å². The van der Waals surface area contributed by atoms with Crippen LogP contribution in [0.1, 0.15) is 19.4 Å². The molecule has 5 nitrogen and oxygen atoms in total. The number of rotatable bonds is 3. The van der Waals surface area contributed by atoms with Crippen molar-refractivity contribution in [2.45, 2.75) is 19.4 Å². The highest BCUT2D eigenvalue weighted by Gasteiger charge is 2.16. The zero-order chi connectivity index (χ0) is 12.6. The molecule has 2 aromatic rings. The molecule has 1 aromatic heterocycles. The van der Waals surface area contributed by atoms with E-state index in [1.165, 1.54) is 12.1 Å². The van der Waals surface area contributed by atoms with Gasteiger partial charge in [-0.05, 0) is 25.1 Å². The van der Waals surface area contributed by atoms with Gasteiger partial charge >= 0.3 is 0 Å². The number of anilines is 1. The molecule has 1 atom stereocenters. The summed E-state index contributed by atoms with van der Waals surface area (Å²) in [6.45, 7) is 1.78. The molecule has 1 heterocycles. The number of nitrogens with two attached hydrogens (primary N) is 2. The maximum absolute atomic E-state index is 13.2. The third kappa shape index (κ3) is 2.06. The second-order valence-electron chi connectivity index (χ2n) is 3.99. The van der Waals surface area contributed by atoms with Crippen molar-refractivity contribution in [2.75, 3.05) is 5.73 Å². The van der Waals surface area contributed by atoms with Crippen molar-refractivity contribution >= 4 is 22.9 Å². The van der Waals surface area contributed by atoms with E-state index in [0.29, 0.717) is 11.0 Å². The molecule has 4 N–H and O–H groups in total. The lowest BCUT2D eigenvalue weighted by atomic mass is 10.2. The summed E-state index contributed by atoms with van der Waals surface area (Å²) >= 11 is 0. The number of carbonyl (C=O) groups is 1. The Hall–Kier alpha value is -2.11. The summed E-state index contributed by atoms with van der Waals surface area (Å²) in [5.74, 6) is -0.556. The van der Waals surface area contributed by atoms with Crippen LogP contribution < -0.4 is 11.5 Å². The normalized spacial score (nSPS) is 12.8. The summed E-state index contributed by atoms with van der Waals surface area (Å²) in [5.41, 5.74) is 12.1. The quantitative estimate of drug-likeness (QED) is 0.839. The Labute approximate surface area is 97.2 Å². The predicted octanol–water partition coefficient (Wildman–Crippen LogP) is 1.19. The fourth-order valence-electron chi connectivity index (χ4n) is 1.93. The number of primary amides is 1. The average Bonchev–Trinajstić information content (AvgIpc) is 2.52. The minimum atomic E-state index is -0.435. The maximum atomic E-state index is 13.2. The first kappa shape index (κ1) is 11.4. The van der Waals surface area contributed by atoms with E-state index in [-0.39, 0.29) is 24.2 Å². The summed E-state index contributed by atoms with van der Waals surface area (Å²) in [5, 5.41) is 0. The number of hydrogen-bond acceptors (Lipinski definition) is 3. The van der Waals surface area contributed by atoms with Crippen molar-refractivity contribution in [1.29, 1.82) is 0 Å². The Morgan fingerprint density at radius 2 is 2.29 bits per heavy atom. The van der Waals surface area contributed by atoms with Gasteiger partial charge in [0, 0.05) is 12.5 Å². The van der Waals surface area contributed by atoms with E-state index in [1.54, 1.807) is 17.6 Å². The number of aromatic nitrogens is 2. The summed E-state index contributed by atoms with van der Waals surface area (Å²) in [4.78, 5) is 15.0. The van der Waals surface area contributed by atoms with Crippen LogP contribution in [0.25, 0.3) is 11.0 Å². The third-order valence-electron chi connectivity index (χ3n) is 2.62. The van der Waals surface area contributed by atoms with Crippen LogP contribution >= 0.6 is 0 Å². The van der Waals surface area contributed by atoms with Gasteiger partial charge in [-0.3, -0.25) is 4.79 Å². The number of halogens is 1. The van der Waals surface area contributed by atoms with Crippen LogP contribution in [0.2, 0.25) is 0 Å². The molecule has 0 saturated carbocycles. The first-order valence-electron chi connectivity index (χ1n) is 5.20. The predicted molar refractivity (Wildman–Crippen MR) is 62.6 cm³/mol. The molecule has 0 aliphatic heterocycles. The molecule has 0 fully saturated rings. The SMILES string of the molecule is CC(CC(N)=O)n1c(N)nc2ccc(F)cc21. The van der Waals surface area contributed by atoms with Crippen LogP contribution in [0.4, 0.5) is 10.3 Å². The second kappa shape index (κ2) is 4.04. The maximum Gasteiger partial charge on any atom is 0.219 e. The molecule has 0 radical (unpaired) electrons. The fraction of sp³-hybridized carbons (Fsp3) is 0.273. The van der Waals surface area contributed by atoms with Crippen molar-refractivity contribution < 1.29 is 9.18 Å². The third-order valence-corrected chi connectivity index (χ3v) is 2.62. The minimum absolute atomic E-state index is 0.131. The Morgan fingerprint density at radius 3 is 2.94 bits per heavy atom. The summed E-state index contributed by atoms with van der Waals surface area (Å²) in [7, 11) is 0. The van der Waals surface area contributed by atoms with E-state index in [1.807, 2.05) is 0 Å². The van der Waals surface area contributed by atoms with Gasteiger partial charge in [-0.25, -0.2) is 9.37 Å². The van der Waals surface area contributed by atoms with Crippen molar-refractivity contribution in [2.24, 2.45) is 5.73 Å². The van der Waals surface area contributed by atoms with E-state index < -0.39 is 5.91 Å². The number of carbonyl (C=O) groups excluding carboxylic acids is 1. The van der Waals surface area contributed by atoms with Crippen LogP contribution in [0.15, 0.2) is 18.2 Å². The second-order valence-corrected chi connectivity index (χ2v) is 3.99. The number of imidazole rings is 1. The Kier molecular flexibility index (Phi) is 2.71. The molecule has 0 saturated heterocycles. The highest BCUT2D eigenvalue weighted by atomic mass is 19.1. The molecule has 1 unspecified atom stereocenters. The van der Waals surface area contributed by atoms with Gasteiger partial charge in [0.2, 0.25) is 11.9 Å². The van der Waals surface area contributed by atoms with Crippen molar-refractivity contribution in [3.63, 3.8) is 0 Å². The topological polar surface area (TPSA) is 86.9 Å². The first-order chi connectivity index (χ1) is 7.99. The lowest BCUT2D eigenvalue weighted by Gasteiger charge is -2.13. The number of hydrogen-bond donors (Lipinski definition) is 2. The molecule has 17 heavy (non-hydrogen) atoms. The Morgan fingerprint density at radius 1 is 1.59 bits per heavy atom. The first-order valence-corrected chi connectivity index (χ1v) is 5.20. The Balaban J connectivity index is 2.55. The van der Waals surface area contributed by atoms with Crippen LogP contribution in [0, 0.1) is 5.82 Å². The number of benzene rings is 1. The molecule has 0 bridgehead atoms. The number of nitrogen functional groups attached to an aromatic ring is 1. The fourth-order valence-corrected chi connectivity index (χ4v) is 1.93. The van der Waals surface area contributed by atoms with Gasteiger partial charge in [0.05, 0.1) is 11.0 Å². The molecule has 1 amide bonds. The smallest absolute Gasteiger partial charge is 0.219 e. The molecule has 0 aliphatic carbocycles. The van der Waals surface area contributed by atoms with Crippen LogP contribution in [0.3, 0.4) is 0 Å². The monoisotopic (exact) mass is 236 g/mol. The van der Waals surface area contributed by atoms with Gasteiger partial charge in [-0.15, -0.1) is 0 Å². The van der Waals surface area contributed by atoms with Gasteiger partial charge in [0.15, 0.2) is 0 Å². The number of amides is 1.